The third-order valence-electron chi connectivity index (χ3n) is 1.62. The van der Waals surface area contributed by atoms with Gasteiger partial charge >= 0.3 is 0 Å². The topological polar surface area (TPSA) is 42.7 Å². The molecular weight excluding hydrogens is 184 g/mol. The van der Waals surface area contributed by atoms with Gasteiger partial charge in [0.1, 0.15) is 10.8 Å². The standard InChI is InChI=1S/C8H10N4S/c1-12-4-2-7(11-12)10-6-8-9-3-5-13-8/h2-5H,6H2,1H3,(H,10,11). The van der Waals surface area contributed by atoms with Crippen molar-refractivity contribution in [1.29, 1.82) is 0 Å². The monoisotopic (exact) mass is 194 g/mol. The number of hydrogen-bond acceptors (Lipinski definition) is 4. The molecule has 0 saturated carbocycles. The molecule has 13 heavy (non-hydrogen) atoms. The van der Waals surface area contributed by atoms with Crippen LogP contribution in [0, 0.1) is 0 Å². The van der Waals surface area contributed by atoms with E-state index in [9.17, 15) is 0 Å². The van der Waals surface area contributed by atoms with E-state index in [1.165, 1.54) is 0 Å². The number of rotatable bonds is 3. The summed E-state index contributed by atoms with van der Waals surface area (Å²) in [5.74, 6) is 0.887. The summed E-state index contributed by atoms with van der Waals surface area (Å²) in [6.07, 6.45) is 3.71. The Morgan fingerprint density at radius 2 is 2.54 bits per heavy atom. The lowest BCUT2D eigenvalue weighted by Gasteiger charge is -1.97. The molecule has 0 aliphatic rings. The Bertz CT molecular complexity index is 365. The van der Waals surface area contributed by atoms with Gasteiger partial charge in [-0.1, -0.05) is 0 Å². The molecule has 0 radical (unpaired) electrons. The Labute approximate surface area is 80.2 Å². The Morgan fingerprint density at radius 1 is 1.62 bits per heavy atom. The van der Waals surface area contributed by atoms with Gasteiger partial charge in [-0.15, -0.1) is 11.3 Å². The van der Waals surface area contributed by atoms with Gasteiger partial charge in [0.05, 0.1) is 6.54 Å². The third-order valence-corrected chi connectivity index (χ3v) is 2.40. The first-order chi connectivity index (χ1) is 6.34. The highest BCUT2D eigenvalue weighted by Crippen LogP contribution is 2.07. The Kier molecular flexibility index (Phi) is 2.27. The van der Waals surface area contributed by atoms with Crippen molar-refractivity contribution in [3.05, 3.63) is 28.8 Å². The van der Waals surface area contributed by atoms with E-state index < -0.39 is 0 Å². The molecular formula is C8H10N4S. The summed E-state index contributed by atoms with van der Waals surface area (Å²) in [6.45, 7) is 0.745. The molecule has 0 saturated heterocycles. The lowest BCUT2D eigenvalue weighted by molar-refractivity contribution is 0.768. The highest BCUT2D eigenvalue weighted by atomic mass is 32.1. The van der Waals surface area contributed by atoms with Crippen LogP contribution in [0.2, 0.25) is 0 Å². The molecule has 2 aromatic rings. The Hall–Kier alpha value is -1.36. The van der Waals surface area contributed by atoms with Crippen LogP contribution in [0.4, 0.5) is 5.82 Å². The highest BCUT2D eigenvalue weighted by molar-refractivity contribution is 7.09. The summed E-state index contributed by atoms with van der Waals surface area (Å²) in [5, 5.41) is 10.4. The zero-order valence-electron chi connectivity index (χ0n) is 7.27. The van der Waals surface area contributed by atoms with Crippen LogP contribution in [0.3, 0.4) is 0 Å². The fourth-order valence-corrected chi connectivity index (χ4v) is 1.57. The molecule has 0 aromatic carbocycles. The molecule has 0 amide bonds. The number of anilines is 1. The highest BCUT2D eigenvalue weighted by Gasteiger charge is 1.97. The number of nitrogens with zero attached hydrogens (tertiary/aromatic N) is 3. The van der Waals surface area contributed by atoms with Gasteiger partial charge in [-0.2, -0.15) is 5.10 Å². The van der Waals surface area contributed by atoms with Crippen molar-refractivity contribution >= 4 is 17.2 Å². The van der Waals surface area contributed by atoms with Gasteiger partial charge in [0, 0.05) is 30.9 Å². The smallest absolute Gasteiger partial charge is 0.148 e. The van der Waals surface area contributed by atoms with Gasteiger partial charge in [-0.3, -0.25) is 4.68 Å². The molecule has 0 unspecified atom stereocenters. The van der Waals surface area contributed by atoms with Crippen LogP contribution >= 0.6 is 11.3 Å². The largest absolute Gasteiger partial charge is 0.362 e. The van der Waals surface area contributed by atoms with Gasteiger partial charge in [0.2, 0.25) is 0 Å². The van der Waals surface area contributed by atoms with Gasteiger partial charge < -0.3 is 5.32 Å². The zero-order valence-corrected chi connectivity index (χ0v) is 8.08. The van der Waals surface area contributed by atoms with E-state index in [2.05, 4.69) is 15.4 Å². The summed E-state index contributed by atoms with van der Waals surface area (Å²) in [6, 6.07) is 1.94. The van der Waals surface area contributed by atoms with E-state index in [1.807, 2.05) is 24.7 Å². The molecule has 1 N–H and O–H groups in total. The molecule has 0 bridgehead atoms. The zero-order chi connectivity index (χ0) is 9.10. The molecule has 5 heteroatoms. The molecule has 0 atom stereocenters. The average molecular weight is 194 g/mol. The fourth-order valence-electron chi connectivity index (χ4n) is 1.02. The number of aryl methyl sites for hydroxylation is 1. The van der Waals surface area contributed by atoms with Crippen molar-refractivity contribution < 1.29 is 0 Å². The SMILES string of the molecule is Cn1ccc(NCc2nccs2)n1. The van der Waals surface area contributed by atoms with Crippen LogP contribution in [0.1, 0.15) is 5.01 Å². The number of hydrogen-bond donors (Lipinski definition) is 1. The first-order valence-corrected chi connectivity index (χ1v) is 4.84. The molecule has 68 valence electrons. The van der Waals surface area contributed by atoms with Crippen molar-refractivity contribution in [3.8, 4) is 0 Å². The molecule has 2 heterocycles. The minimum absolute atomic E-state index is 0.745. The van der Waals surface area contributed by atoms with Crippen LogP contribution in [0.5, 0.6) is 0 Å². The average Bonchev–Trinajstić information content (AvgIpc) is 2.71. The number of aromatic nitrogens is 3. The van der Waals surface area contributed by atoms with E-state index in [-0.39, 0.29) is 0 Å². The molecule has 2 aromatic heterocycles. The molecule has 0 aliphatic heterocycles. The first-order valence-electron chi connectivity index (χ1n) is 3.96. The minimum Gasteiger partial charge on any atom is -0.362 e. The normalized spacial score (nSPS) is 10.2. The van der Waals surface area contributed by atoms with Gasteiger partial charge in [-0.05, 0) is 0 Å². The van der Waals surface area contributed by atoms with Crippen molar-refractivity contribution in [2.24, 2.45) is 7.05 Å². The van der Waals surface area contributed by atoms with E-state index in [1.54, 1.807) is 22.2 Å². The van der Waals surface area contributed by atoms with Crippen LogP contribution in [-0.2, 0) is 13.6 Å². The molecule has 0 spiro atoms. The maximum Gasteiger partial charge on any atom is 0.148 e. The lowest BCUT2D eigenvalue weighted by atomic mass is 10.6. The van der Waals surface area contributed by atoms with Gasteiger partial charge in [0.25, 0.3) is 0 Å². The second-order valence-corrected chi connectivity index (χ2v) is 3.63. The Balaban J connectivity index is 1.93. The van der Waals surface area contributed by atoms with Crippen LogP contribution in [-0.4, -0.2) is 14.8 Å². The van der Waals surface area contributed by atoms with Crippen LogP contribution < -0.4 is 5.32 Å². The Morgan fingerprint density at radius 3 is 3.15 bits per heavy atom. The molecule has 4 nitrogen and oxygen atoms in total. The summed E-state index contributed by atoms with van der Waals surface area (Å²) in [4.78, 5) is 4.16. The van der Waals surface area contributed by atoms with E-state index in [0.29, 0.717) is 0 Å². The van der Waals surface area contributed by atoms with E-state index in [4.69, 9.17) is 0 Å². The summed E-state index contributed by atoms with van der Waals surface area (Å²) < 4.78 is 1.77. The van der Waals surface area contributed by atoms with Gasteiger partial charge in [0.15, 0.2) is 0 Å². The quantitative estimate of drug-likeness (QED) is 0.805. The fraction of sp³-hybridized carbons (Fsp3) is 0.250. The number of thiazole rings is 1. The number of nitrogens with one attached hydrogen (secondary N) is 1. The predicted octanol–water partition coefficient (Wildman–Crippen LogP) is 1.49. The third kappa shape index (κ3) is 2.06. The van der Waals surface area contributed by atoms with Crippen molar-refractivity contribution in [3.63, 3.8) is 0 Å². The van der Waals surface area contributed by atoms with Crippen LogP contribution in [0.15, 0.2) is 23.8 Å². The maximum absolute atomic E-state index is 4.19. The second kappa shape index (κ2) is 3.57. The summed E-state index contributed by atoms with van der Waals surface area (Å²) >= 11 is 1.64. The van der Waals surface area contributed by atoms with Crippen molar-refractivity contribution in [2.45, 2.75) is 6.54 Å². The van der Waals surface area contributed by atoms with Crippen molar-refractivity contribution in [2.75, 3.05) is 5.32 Å². The maximum atomic E-state index is 4.19. The first kappa shape index (κ1) is 8.25. The summed E-state index contributed by atoms with van der Waals surface area (Å²) in [7, 11) is 1.90. The second-order valence-electron chi connectivity index (χ2n) is 2.65. The van der Waals surface area contributed by atoms with Gasteiger partial charge in [-0.25, -0.2) is 4.98 Å². The lowest BCUT2D eigenvalue weighted by Crippen LogP contribution is -2.00. The van der Waals surface area contributed by atoms with E-state index >= 15 is 0 Å². The molecule has 0 aliphatic carbocycles. The molecule has 0 fully saturated rings. The predicted molar refractivity (Wildman–Crippen MR) is 52.6 cm³/mol. The van der Waals surface area contributed by atoms with Crippen LogP contribution in [0.25, 0.3) is 0 Å². The van der Waals surface area contributed by atoms with E-state index in [0.717, 1.165) is 17.4 Å². The summed E-state index contributed by atoms with van der Waals surface area (Å²) in [5.41, 5.74) is 0. The minimum atomic E-state index is 0.745. The molecule has 2 rings (SSSR count). The van der Waals surface area contributed by atoms with Crippen molar-refractivity contribution in [1.82, 2.24) is 14.8 Å².